The third kappa shape index (κ3) is 3.55. The molecular formula is C13H19N3O2. The Bertz CT molecular complexity index is 432. The average molecular weight is 249 g/mol. The number of methoxy groups -OCH3 is 1. The summed E-state index contributed by atoms with van der Waals surface area (Å²) in [6, 6.07) is 0. The van der Waals surface area contributed by atoms with Gasteiger partial charge in [-0.05, 0) is 19.8 Å². The second kappa shape index (κ2) is 6.74. The summed E-state index contributed by atoms with van der Waals surface area (Å²) in [4.78, 5) is 21.9. The fraction of sp³-hybridized carbons (Fsp3) is 0.462. The quantitative estimate of drug-likeness (QED) is 0.438. The van der Waals surface area contributed by atoms with Gasteiger partial charge in [0, 0.05) is 19.8 Å². The normalized spacial score (nSPS) is 9.94. The first kappa shape index (κ1) is 14.2. The molecule has 0 N–H and O–H groups in total. The lowest BCUT2D eigenvalue weighted by Gasteiger charge is -2.20. The molecule has 0 fully saturated rings. The number of aryl methyl sites for hydroxylation is 1. The van der Waals surface area contributed by atoms with Crippen molar-refractivity contribution < 1.29 is 9.53 Å². The Balaban J connectivity index is 2.93. The van der Waals surface area contributed by atoms with Gasteiger partial charge in [0.2, 0.25) is 0 Å². The van der Waals surface area contributed by atoms with E-state index in [9.17, 15) is 4.79 Å². The maximum absolute atomic E-state index is 11.6. The minimum Gasteiger partial charge on any atom is -0.465 e. The highest BCUT2D eigenvalue weighted by molar-refractivity contribution is 5.94. The molecule has 1 rings (SSSR count). The van der Waals surface area contributed by atoms with Crippen LogP contribution in [0.3, 0.4) is 0 Å². The molecule has 1 heterocycles. The van der Waals surface area contributed by atoms with E-state index in [0.29, 0.717) is 17.2 Å². The SMILES string of the molecule is C=CCCCN(C)c1nc(C)ncc1C(=O)OC. The molecule has 0 aliphatic rings. The molecule has 0 saturated heterocycles. The van der Waals surface area contributed by atoms with Crippen LogP contribution in [0.4, 0.5) is 5.82 Å². The van der Waals surface area contributed by atoms with Crippen molar-refractivity contribution in [3.05, 3.63) is 30.2 Å². The highest BCUT2D eigenvalue weighted by Crippen LogP contribution is 2.17. The Hall–Kier alpha value is -1.91. The molecule has 0 spiro atoms. The van der Waals surface area contributed by atoms with E-state index in [-0.39, 0.29) is 0 Å². The van der Waals surface area contributed by atoms with Crippen LogP contribution in [0.15, 0.2) is 18.9 Å². The van der Waals surface area contributed by atoms with Crippen LogP contribution in [0.1, 0.15) is 29.0 Å². The Morgan fingerprint density at radius 1 is 1.61 bits per heavy atom. The molecule has 0 bridgehead atoms. The van der Waals surface area contributed by atoms with Crippen molar-refractivity contribution in [1.29, 1.82) is 0 Å². The molecule has 0 amide bonds. The third-order valence-electron chi connectivity index (χ3n) is 2.56. The molecule has 0 aliphatic carbocycles. The van der Waals surface area contributed by atoms with Crippen LogP contribution in [0, 0.1) is 6.92 Å². The molecule has 0 atom stereocenters. The molecule has 0 saturated carbocycles. The van der Waals surface area contributed by atoms with Gasteiger partial charge < -0.3 is 9.64 Å². The number of allylic oxidation sites excluding steroid dienone is 1. The van der Waals surface area contributed by atoms with E-state index >= 15 is 0 Å². The van der Waals surface area contributed by atoms with Crippen LogP contribution in [0.2, 0.25) is 0 Å². The minimum absolute atomic E-state index is 0.393. The molecule has 0 unspecified atom stereocenters. The predicted octanol–water partition coefficient (Wildman–Crippen LogP) is 1.97. The summed E-state index contributed by atoms with van der Waals surface area (Å²) >= 11 is 0. The summed E-state index contributed by atoms with van der Waals surface area (Å²) in [6.07, 6.45) is 5.28. The van der Waals surface area contributed by atoms with Gasteiger partial charge in [0.1, 0.15) is 17.2 Å². The first-order valence-corrected chi connectivity index (χ1v) is 5.84. The molecule has 98 valence electrons. The highest BCUT2D eigenvalue weighted by Gasteiger charge is 2.17. The molecule has 0 aromatic carbocycles. The van der Waals surface area contributed by atoms with Gasteiger partial charge in [-0.3, -0.25) is 0 Å². The molecular weight excluding hydrogens is 230 g/mol. The topological polar surface area (TPSA) is 55.3 Å². The number of carbonyl (C=O) groups is 1. The maximum atomic E-state index is 11.6. The summed E-state index contributed by atoms with van der Waals surface area (Å²) in [5, 5.41) is 0. The number of aromatic nitrogens is 2. The van der Waals surface area contributed by atoms with Gasteiger partial charge in [0.15, 0.2) is 0 Å². The summed E-state index contributed by atoms with van der Waals surface area (Å²) in [5.74, 6) is 0.826. The maximum Gasteiger partial charge on any atom is 0.343 e. The second-order valence-corrected chi connectivity index (χ2v) is 4.00. The lowest BCUT2D eigenvalue weighted by atomic mass is 10.2. The number of anilines is 1. The zero-order chi connectivity index (χ0) is 13.5. The van der Waals surface area contributed by atoms with Crippen molar-refractivity contribution in [3.63, 3.8) is 0 Å². The van der Waals surface area contributed by atoms with Gasteiger partial charge in [0.25, 0.3) is 0 Å². The largest absolute Gasteiger partial charge is 0.465 e. The number of ether oxygens (including phenoxy) is 1. The van der Waals surface area contributed by atoms with Gasteiger partial charge >= 0.3 is 5.97 Å². The first-order chi connectivity index (χ1) is 8.60. The number of carbonyl (C=O) groups excluding carboxylic acids is 1. The Labute approximate surface area is 108 Å². The fourth-order valence-electron chi connectivity index (χ4n) is 1.58. The number of esters is 1. The molecule has 0 radical (unpaired) electrons. The second-order valence-electron chi connectivity index (χ2n) is 4.00. The van der Waals surface area contributed by atoms with E-state index in [4.69, 9.17) is 4.74 Å². The van der Waals surface area contributed by atoms with Crippen molar-refractivity contribution in [3.8, 4) is 0 Å². The van der Waals surface area contributed by atoms with Crippen molar-refractivity contribution in [2.24, 2.45) is 0 Å². The Morgan fingerprint density at radius 3 is 2.94 bits per heavy atom. The van der Waals surface area contributed by atoms with E-state index in [2.05, 4.69) is 16.5 Å². The minimum atomic E-state index is -0.416. The molecule has 18 heavy (non-hydrogen) atoms. The van der Waals surface area contributed by atoms with Gasteiger partial charge in [-0.1, -0.05) is 6.08 Å². The Kier molecular flexibility index (Phi) is 5.30. The number of hydrogen-bond donors (Lipinski definition) is 0. The molecule has 5 heteroatoms. The zero-order valence-corrected chi connectivity index (χ0v) is 11.1. The summed E-state index contributed by atoms with van der Waals surface area (Å²) < 4.78 is 4.73. The standard InChI is InChI=1S/C13H19N3O2/c1-5-6-7-8-16(3)12-11(13(17)18-4)9-14-10(2)15-12/h5,9H,1,6-8H2,2-4H3. The van der Waals surface area contributed by atoms with Crippen LogP contribution in [0.5, 0.6) is 0 Å². The third-order valence-corrected chi connectivity index (χ3v) is 2.56. The predicted molar refractivity (Wildman–Crippen MR) is 70.8 cm³/mol. The number of nitrogens with zero attached hydrogens (tertiary/aromatic N) is 3. The van der Waals surface area contributed by atoms with Crippen molar-refractivity contribution in [2.75, 3.05) is 25.6 Å². The number of rotatable bonds is 6. The smallest absolute Gasteiger partial charge is 0.343 e. The summed E-state index contributed by atoms with van der Waals surface area (Å²) in [7, 11) is 3.25. The molecule has 1 aromatic rings. The van der Waals surface area contributed by atoms with Crippen LogP contribution in [-0.4, -0.2) is 36.6 Å². The van der Waals surface area contributed by atoms with E-state index in [0.717, 1.165) is 19.4 Å². The van der Waals surface area contributed by atoms with Crippen molar-refractivity contribution in [2.45, 2.75) is 19.8 Å². The molecule has 1 aromatic heterocycles. The van der Waals surface area contributed by atoms with E-state index in [1.165, 1.54) is 13.3 Å². The number of unbranched alkanes of at least 4 members (excludes halogenated alkanes) is 1. The lowest BCUT2D eigenvalue weighted by Crippen LogP contribution is -2.23. The van der Waals surface area contributed by atoms with Gasteiger partial charge in [0.05, 0.1) is 7.11 Å². The summed E-state index contributed by atoms with van der Waals surface area (Å²) in [6.45, 7) is 6.28. The average Bonchev–Trinajstić information content (AvgIpc) is 2.38. The fourth-order valence-corrected chi connectivity index (χ4v) is 1.58. The van der Waals surface area contributed by atoms with Crippen LogP contribution >= 0.6 is 0 Å². The van der Waals surface area contributed by atoms with E-state index < -0.39 is 5.97 Å². The van der Waals surface area contributed by atoms with E-state index in [1.807, 2.05) is 18.0 Å². The zero-order valence-electron chi connectivity index (χ0n) is 11.1. The van der Waals surface area contributed by atoms with Crippen molar-refractivity contribution >= 4 is 11.8 Å². The monoisotopic (exact) mass is 249 g/mol. The van der Waals surface area contributed by atoms with Gasteiger partial charge in [-0.2, -0.15) is 0 Å². The van der Waals surface area contributed by atoms with Gasteiger partial charge in [-0.15, -0.1) is 6.58 Å². The summed E-state index contributed by atoms with van der Waals surface area (Å²) in [5.41, 5.74) is 0.393. The van der Waals surface area contributed by atoms with Crippen LogP contribution < -0.4 is 4.90 Å². The molecule has 0 aliphatic heterocycles. The Morgan fingerprint density at radius 2 is 2.33 bits per heavy atom. The highest BCUT2D eigenvalue weighted by atomic mass is 16.5. The van der Waals surface area contributed by atoms with Crippen LogP contribution in [-0.2, 0) is 4.74 Å². The molecule has 5 nitrogen and oxygen atoms in total. The van der Waals surface area contributed by atoms with Crippen LogP contribution in [0.25, 0.3) is 0 Å². The lowest BCUT2D eigenvalue weighted by molar-refractivity contribution is 0.0600. The first-order valence-electron chi connectivity index (χ1n) is 5.84. The van der Waals surface area contributed by atoms with Gasteiger partial charge in [-0.25, -0.2) is 14.8 Å². The number of hydrogen-bond acceptors (Lipinski definition) is 5. The van der Waals surface area contributed by atoms with E-state index in [1.54, 1.807) is 6.92 Å². The van der Waals surface area contributed by atoms with Crippen molar-refractivity contribution in [1.82, 2.24) is 9.97 Å².